The monoisotopic (exact) mass is 412 g/mol. The Morgan fingerprint density at radius 3 is 2.31 bits per heavy atom. The van der Waals surface area contributed by atoms with E-state index < -0.39 is 23.6 Å². The van der Waals surface area contributed by atoms with Crippen molar-refractivity contribution in [3.8, 4) is 0 Å². The minimum atomic E-state index is -4.45. The van der Waals surface area contributed by atoms with Crippen molar-refractivity contribution in [2.75, 3.05) is 20.1 Å². The Kier molecular flexibility index (Phi) is 6.70. The van der Waals surface area contributed by atoms with E-state index in [1.54, 1.807) is 22.9 Å². The first-order valence-electron chi connectivity index (χ1n) is 9.92. The summed E-state index contributed by atoms with van der Waals surface area (Å²) in [6, 6.07) is 5.08. The fraction of sp³-hybridized carbons (Fsp3) is 0.636. The van der Waals surface area contributed by atoms with Crippen LogP contribution in [0.4, 0.5) is 13.2 Å². The van der Waals surface area contributed by atoms with Gasteiger partial charge in [-0.2, -0.15) is 13.2 Å². The van der Waals surface area contributed by atoms with Crippen LogP contribution in [0.1, 0.15) is 58.1 Å². The van der Waals surface area contributed by atoms with E-state index in [-0.39, 0.29) is 36.4 Å². The molecule has 7 heteroatoms. The maximum Gasteiger partial charge on any atom is 0.416 e. The van der Waals surface area contributed by atoms with Gasteiger partial charge in [-0.25, -0.2) is 0 Å². The Bertz CT molecular complexity index is 753. The molecular formula is C22H31F3N2O2. The van der Waals surface area contributed by atoms with Crippen LogP contribution in [0.3, 0.4) is 0 Å². The lowest BCUT2D eigenvalue weighted by Crippen LogP contribution is -2.40. The molecule has 1 aromatic carbocycles. The third kappa shape index (κ3) is 5.73. The summed E-state index contributed by atoms with van der Waals surface area (Å²) in [6.45, 7) is 10.1. The topological polar surface area (TPSA) is 40.6 Å². The minimum Gasteiger partial charge on any atom is -0.343 e. The normalized spacial score (nSPS) is 20.3. The van der Waals surface area contributed by atoms with Crippen LogP contribution in [0.2, 0.25) is 0 Å². The van der Waals surface area contributed by atoms with E-state index in [0.717, 1.165) is 12.1 Å². The molecule has 0 saturated carbocycles. The highest BCUT2D eigenvalue weighted by Crippen LogP contribution is 2.38. The fourth-order valence-electron chi connectivity index (χ4n) is 3.62. The highest BCUT2D eigenvalue weighted by Gasteiger charge is 2.43. The smallest absolute Gasteiger partial charge is 0.343 e. The lowest BCUT2D eigenvalue weighted by molar-refractivity contribution is -0.138. The third-order valence-electron chi connectivity index (χ3n) is 5.44. The van der Waals surface area contributed by atoms with E-state index in [2.05, 4.69) is 0 Å². The first-order valence-corrected chi connectivity index (χ1v) is 9.92. The van der Waals surface area contributed by atoms with Crippen molar-refractivity contribution in [1.82, 2.24) is 9.80 Å². The zero-order valence-electron chi connectivity index (χ0n) is 18.0. The van der Waals surface area contributed by atoms with Gasteiger partial charge in [0.05, 0.1) is 11.5 Å². The highest BCUT2D eigenvalue weighted by atomic mass is 19.4. The van der Waals surface area contributed by atoms with E-state index in [1.165, 1.54) is 6.07 Å². The van der Waals surface area contributed by atoms with Crippen molar-refractivity contribution in [2.45, 2.75) is 59.2 Å². The molecule has 1 fully saturated rings. The van der Waals surface area contributed by atoms with Gasteiger partial charge in [-0.15, -0.1) is 0 Å². The van der Waals surface area contributed by atoms with Gasteiger partial charge in [-0.3, -0.25) is 9.59 Å². The number of carbonyl (C=O) groups excluding carboxylic acids is 2. The zero-order chi connectivity index (χ0) is 22.1. The van der Waals surface area contributed by atoms with E-state index in [0.29, 0.717) is 12.0 Å². The summed E-state index contributed by atoms with van der Waals surface area (Å²) >= 11 is 0. The average molecular weight is 412 g/mol. The lowest BCUT2D eigenvalue weighted by Gasteiger charge is -2.27. The van der Waals surface area contributed by atoms with Gasteiger partial charge in [0.15, 0.2) is 0 Å². The maximum absolute atomic E-state index is 13.2. The predicted molar refractivity (Wildman–Crippen MR) is 106 cm³/mol. The second-order valence-electron chi connectivity index (χ2n) is 9.42. The molecule has 1 heterocycles. The molecule has 0 spiro atoms. The van der Waals surface area contributed by atoms with Crippen LogP contribution < -0.4 is 0 Å². The van der Waals surface area contributed by atoms with Crippen molar-refractivity contribution in [1.29, 1.82) is 0 Å². The molecule has 2 atom stereocenters. The summed E-state index contributed by atoms with van der Waals surface area (Å²) in [7, 11) is 1.69. The molecule has 1 aliphatic rings. The summed E-state index contributed by atoms with van der Waals surface area (Å²) in [5, 5.41) is 0. The number of carbonyl (C=O) groups is 2. The second kappa shape index (κ2) is 8.36. The quantitative estimate of drug-likeness (QED) is 0.728. The van der Waals surface area contributed by atoms with Gasteiger partial charge in [-0.05, 0) is 30.9 Å². The van der Waals surface area contributed by atoms with Gasteiger partial charge in [0, 0.05) is 38.5 Å². The van der Waals surface area contributed by atoms with Crippen LogP contribution in [-0.4, -0.2) is 47.8 Å². The van der Waals surface area contributed by atoms with Gasteiger partial charge >= 0.3 is 6.18 Å². The molecular weight excluding hydrogens is 381 g/mol. The van der Waals surface area contributed by atoms with Crippen molar-refractivity contribution in [2.24, 2.45) is 11.3 Å². The molecule has 2 amide bonds. The molecule has 162 valence electrons. The van der Waals surface area contributed by atoms with Gasteiger partial charge in [-0.1, -0.05) is 39.0 Å². The van der Waals surface area contributed by atoms with Gasteiger partial charge in [0.25, 0.3) is 0 Å². The summed E-state index contributed by atoms with van der Waals surface area (Å²) in [4.78, 5) is 29.1. The summed E-state index contributed by atoms with van der Waals surface area (Å²) < 4.78 is 39.6. The third-order valence-corrected chi connectivity index (χ3v) is 5.44. The molecule has 0 radical (unpaired) electrons. The highest BCUT2D eigenvalue weighted by molar-refractivity contribution is 5.83. The van der Waals surface area contributed by atoms with E-state index in [4.69, 9.17) is 0 Å². The lowest BCUT2D eigenvalue weighted by atomic mass is 9.87. The van der Waals surface area contributed by atoms with E-state index in [1.807, 2.05) is 34.6 Å². The first kappa shape index (κ1) is 23.2. The molecule has 0 bridgehead atoms. The van der Waals surface area contributed by atoms with E-state index >= 15 is 0 Å². The molecule has 4 nitrogen and oxygen atoms in total. The molecule has 1 aliphatic heterocycles. The number of hydrogen-bond donors (Lipinski definition) is 0. The number of amides is 2. The number of benzene rings is 1. The van der Waals surface area contributed by atoms with Gasteiger partial charge in [0.1, 0.15) is 0 Å². The number of alkyl halides is 3. The molecule has 1 aromatic rings. The van der Waals surface area contributed by atoms with Crippen LogP contribution in [0.15, 0.2) is 24.3 Å². The molecule has 2 unspecified atom stereocenters. The van der Waals surface area contributed by atoms with Crippen LogP contribution in [0.5, 0.6) is 0 Å². The molecule has 1 saturated heterocycles. The van der Waals surface area contributed by atoms with E-state index in [9.17, 15) is 22.8 Å². The van der Waals surface area contributed by atoms with Crippen molar-refractivity contribution in [3.05, 3.63) is 35.4 Å². The standard InChI is InChI=1S/C22H31F3N2O2/c1-14(2)26(6)20(29)18-13-27(19(28)11-21(3,4)5)12-17(18)15-8-7-9-16(10-15)22(23,24)25/h7-10,14,17-18H,11-13H2,1-6H3. The summed E-state index contributed by atoms with van der Waals surface area (Å²) in [5.41, 5.74) is -0.501. The Hall–Kier alpha value is -2.05. The number of rotatable bonds is 4. The average Bonchev–Trinajstić information content (AvgIpc) is 3.03. The summed E-state index contributed by atoms with van der Waals surface area (Å²) in [6.07, 6.45) is -4.13. The van der Waals surface area contributed by atoms with Crippen molar-refractivity contribution in [3.63, 3.8) is 0 Å². The number of likely N-dealkylation sites (tertiary alicyclic amines) is 1. The number of nitrogens with zero attached hydrogens (tertiary/aromatic N) is 2. The molecule has 0 aromatic heterocycles. The minimum absolute atomic E-state index is 0.0380. The SMILES string of the molecule is CC(C)N(C)C(=O)C1CN(C(=O)CC(C)(C)C)CC1c1cccc(C(F)(F)F)c1. The van der Waals surface area contributed by atoms with Crippen LogP contribution in [-0.2, 0) is 15.8 Å². The molecule has 2 rings (SSSR count). The number of halogens is 3. The fourth-order valence-corrected chi connectivity index (χ4v) is 3.62. The van der Waals surface area contributed by atoms with Crippen molar-refractivity contribution >= 4 is 11.8 Å². The van der Waals surface area contributed by atoms with Gasteiger partial charge in [0.2, 0.25) is 11.8 Å². The van der Waals surface area contributed by atoms with Gasteiger partial charge < -0.3 is 9.80 Å². The van der Waals surface area contributed by atoms with Crippen LogP contribution in [0.25, 0.3) is 0 Å². The first-order chi connectivity index (χ1) is 13.2. The maximum atomic E-state index is 13.2. The molecule has 29 heavy (non-hydrogen) atoms. The second-order valence-corrected chi connectivity index (χ2v) is 9.42. The molecule has 0 aliphatic carbocycles. The van der Waals surface area contributed by atoms with Crippen LogP contribution in [0, 0.1) is 11.3 Å². The molecule has 0 N–H and O–H groups in total. The van der Waals surface area contributed by atoms with Crippen LogP contribution >= 0.6 is 0 Å². The Labute approximate surface area is 171 Å². The Balaban J connectivity index is 2.38. The predicted octanol–water partition coefficient (Wildman–Crippen LogP) is 4.55. The number of hydrogen-bond acceptors (Lipinski definition) is 2. The Morgan fingerprint density at radius 1 is 1.17 bits per heavy atom. The Morgan fingerprint density at radius 2 is 1.79 bits per heavy atom. The zero-order valence-corrected chi connectivity index (χ0v) is 18.0. The largest absolute Gasteiger partial charge is 0.416 e. The van der Waals surface area contributed by atoms with Crippen molar-refractivity contribution < 1.29 is 22.8 Å². The summed E-state index contributed by atoms with van der Waals surface area (Å²) in [5.74, 6) is -1.24.